The highest BCUT2D eigenvalue weighted by Gasteiger charge is 2.19. The van der Waals surface area contributed by atoms with Crippen LogP contribution >= 0.6 is 24.0 Å². The first-order valence-corrected chi connectivity index (χ1v) is 8.61. The molecule has 0 atom stereocenters. The molecule has 1 N–H and O–H groups in total. The third-order valence-corrected chi connectivity index (χ3v) is 4.43. The minimum atomic E-state index is 0. The summed E-state index contributed by atoms with van der Waals surface area (Å²) < 4.78 is 0. The van der Waals surface area contributed by atoms with Crippen molar-refractivity contribution in [3.63, 3.8) is 0 Å². The molecular weight excluding hydrogens is 423 g/mol. The van der Waals surface area contributed by atoms with Gasteiger partial charge >= 0.3 is 0 Å². The molecule has 0 aliphatic carbocycles. The fourth-order valence-corrected chi connectivity index (χ4v) is 3.07. The molecule has 0 amide bonds. The maximum absolute atomic E-state index is 4.45. The summed E-state index contributed by atoms with van der Waals surface area (Å²) in [5.74, 6) is 0.998. The Balaban J connectivity index is 0.00000225. The van der Waals surface area contributed by atoms with Gasteiger partial charge in [-0.05, 0) is 11.1 Å². The number of hydrogen-bond acceptors (Lipinski definition) is 2. The van der Waals surface area contributed by atoms with Gasteiger partial charge < -0.3 is 10.2 Å². The van der Waals surface area contributed by atoms with Crippen molar-refractivity contribution in [3.8, 4) is 0 Å². The van der Waals surface area contributed by atoms with Crippen LogP contribution in [0.4, 0.5) is 0 Å². The summed E-state index contributed by atoms with van der Waals surface area (Å²) in [5, 5.41) is 3.48. The summed E-state index contributed by atoms with van der Waals surface area (Å²) in [5.41, 5.74) is 2.67. The lowest BCUT2D eigenvalue weighted by Crippen LogP contribution is -2.52. The number of benzene rings is 2. The standard InChI is InChI=1S/C20H26N4.HI/c1-21-20(22-16-18-8-4-2-5-9-18)24-14-12-23(13-15-24)17-19-10-6-3-7-11-19;/h2-11H,12-17H2,1H3,(H,21,22);1H. The summed E-state index contributed by atoms with van der Waals surface area (Å²) in [6.07, 6.45) is 0. The van der Waals surface area contributed by atoms with E-state index in [0.717, 1.165) is 45.2 Å². The van der Waals surface area contributed by atoms with Crippen LogP contribution < -0.4 is 5.32 Å². The zero-order valence-electron chi connectivity index (χ0n) is 14.8. The largest absolute Gasteiger partial charge is 0.352 e. The van der Waals surface area contributed by atoms with Crippen LogP contribution in [0.5, 0.6) is 0 Å². The Kier molecular flexibility index (Phi) is 8.21. The Hall–Kier alpha value is -1.60. The first kappa shape index (κ1) is 19.7. The van der Waals surface area contributed by atoms with Crippen molar-refractivity contribution >= 4 is 29.9 Å². The molecular formula is C20H27IN4. The highest BCUT2D eigenvalue weighted by atomic mass is 127. The summed E-state index contributed by atoms with van der Waals surface area (Å²) in [4.78, 5) is 9.31. The van der Waals surface area contributed by atoms with Gasteiger partial charge in [0, 0.05) is 46.3 Å². The van der Waals surface area contributed by atoms with E-state index in [0.29, 0.717) is 0 Å². The van der Waals surface area contributed by atoms with Gasteiger partial charge in [0.25, 0.3) is 0 Å². The SMILES string of the molecule is CN=C(NCc1ccccc1)N1CCN(Cc2ccccc2)CC1.I. The molecule has 0 spiro atoms. The maximum Gasteiger partial charge on any atom is 0.194 e. The van der Waals surface area contributed by atoms with Gasteiger partial charge in [0.2, 0.25) is 0 Å². The Morgan fingerprint density at radius 3 is 2.00 bits per heavy atom. The Morgan fingerprint density at radius 1 is 0.880 bits per heavy atom. The third-order valence-electron chi connectivity index (χ3n) is 4.43. The van der Waals surface area contributed by atoms with Gasteiger partial charge in [0.15, 0.2) is 5.96 Å². The number of hydrogen-bond donors (Lipinski definition) is 1. The number of nitrogens with one attached hydrogen (secondary N) is 1. The second kappa shape index (κ2) is 10.4. The normalized spacial score (nSPS) is 15.6. The average Bonchev–Trinajstić information content (AvgIpc) is 2.65. The van der Waals surface area contributed by atoms with E-state index in [2.05, 4.69) is 74.7 Å². The summed E-state index contributed by atoms with van der Waals surface area (Å²) in [6.45, 7) is 6.02. The minimum Gasteiger partial charge on any atom is -0.352 e. The molecule has 1 heterocycles. The Morgan fingerprint density at radius 2 is 1.44 bits per heavy atom. The van der Waals surface area contributed by atoms with Gasteiger partial charge in [0.1, 0.15) is 0 Å². The van der Waals surface area contributed by atoms with Crippen LogP contribution in [-0.4, -0.2) is 49.0 Å². The number of nitrogens with zero attached hydrogens (tertiary/aromatic N) is 3. The van der Waals surface area contributed by atoms with Crippen molar-refractivity contribution < 1.29 is 0 Å². The number of halogens is 1. The van der Waals surface area contributed by atoms with Crippen LogP contribution in [-0.2, 0) is 13.1 Å². The molecule has 5 heteroatoms. The monoisotopic (exact) mass is 450 g/mol. The van der Waals surface area contributed by atoms with Gasteiger partial charge in [-0.15, -0.1) is 24.0 Å². The van der Waals surface area contributed by atoms with Crippen LogP contribution in [0.1, 0.15) is 11.1 Å². The van der Waals surface area contributed by atoms with E-state index in [-0.39, 0.29) is 24.0 Å². The lowest BCUT2D eigenvalue weighted by atomic mass is 10.2. The van der Waals surface area contributed by atoms with Crippen LogP contribution in [0.3, 0.4) is 0 Å². The summed E-state index contributed by atoms with van der Waals surface area (Å²) >= 11 is 0. The van der Waals surface area contributed by atoms with Crippen LogP contribution in [0.15, 0.2) is 65.7 Å². The molecule has 1 aliphatic rings. The molecule has 3 rings (SSSR count). The number of aliphatic imine (C=N–C) groups is 1. The van der Waals surface area contributed by atoms with Crippen molar-refractivity contribution in [1.29, 1.82) is 0 Å². The molecule has 2 aromatic carbocycles. The van der Waals surface area contributed by atoms with Gasteiger partial charge in [-0.1, -0.05) is 60.7 Å². The van der Waals surface area contributed by atoms with E-state index in [1.807, 2.05) is 13.1 Å². The van der Waals surface area contributed by atoms with E-state index in [1.165, 1.54) is 11.1 Å². The van der Waals surface area contributed by atoms with Crippen molar-refractivity contribution in [1.82, 2.24) is 15.1 Å². The minimum absolute atomic E-state index is 0. The number of guanidine groups is 1. The van der Waals surface area contributed by atoms with Crippen molar-refractivity contribution in [3.05, 3.63) is 71.8 Å². The van der Waals surface area contributed by atoms with Gasteiger partial charge in [-0.25, -0.2) is 0 Å². The highest BCUT2D eigenvalue weighted by molar-refractivity contribution is 14.0. The molecule has 4 nitrogen and oxygen atoms in total. The van der Waals surface area contributed by atoms with E-state index >= 15 is 0 Å². The van der Waals surface area contributed by atoms with Crippen LogP contribution in [0.2, 0.25) is 0 Å². The number of piperazine rings is 1. The molecule has 1 saturated heterocycles. The summed E-state index contributed by atoms with van der Waals surface area (Å²) in [7, 11) is 1.86. The molecule has 25 heavy (non-hydrogen) atoms. The molecule has 0 unspecified atom stereocenters. The quantitative estimate of drug-likeness (QED) is 0.441. The average molecular weight is 450 g/mol. The van der Waals surface area contributed by atoms with Crippen molar-refractivity contribution in [2.24, 2.45) is 4.99 Å². The Labute approximate surface area is 168 Å². The molecule has 1 aliphatic heterocycles. The fourth-order valence-electron chi connectivity index (χ4n) is 3.07. The first-order valence-electron chi connectivity index (χ1n) is 8.61. The van der Waals surface area contributed by atoms with Crippen LogP contribution in [0, 0.1) is 0 Å². The van der Waals surface area contributed by atoms with E-state index in [1.54, 1.807) is 0 Å². The van der Waals surface area contributed by atoms with Crippen molar-refractivity contribution in [2.45, 2.75) is 13.1 Å². The fraction of sp³-hybridized carbons (Fsp3) is 0.350. The van der Waals surface area contributed by atoms with Gasteiger partial charge in [0.05, 0.1) is 0 Å². The predicted octanol–water partition coefficient (Wildman–Crippen LogP) is 3.20. The molecule has 0 saturated carbocycles. The predicted molar refractivity (Wildman–Crippen MR) is 115 cm³/mol. The smallest absolute Gasteiger partial charge is 0.194 e. The zero-order chi connectivity index (χ0) is 16.6. The van der Waals surface area contributed by atoms with Crippen LogP contribution in [0.25, 0.3) is 0 Å². The van der Waals surface area contributed by atoms with Gasteiger partial charge in [-0.2, -0.15) is 0 Å². The molecule has 0 bridgehead atoms. The molecule has 0 aromatic heterocycles. The maximum atomic E-state index is 4.45. The lowest BCUT2D eigenvalue weighted by molar-refractivity contribution is 0.172. The van der Waals surface area contributed by atoms with Crippen molar-refractivity contribution in [2.75, 3.05) is 33.2 Å². The molecule has 2 aromatic rings. The molecule has 134 valence electrons. The first-order chi connectivity index (χ1) is 11.8. The zero-order valence-corrected chi connectivity index (χ0v) is 17.1. The summed E-state index contributed by atoms with van der Waals surface area (Å²) in [6, 6.07) is 21.2. The highest BCUT2D eigenvalue weighted by Crippen LogP contribution is 2.09. The molecule has 0 radical (unpaired) electrons. The Bertz CT molecular complexity index is 637. The second-order valence-electron chi connectivity index (χ2n) is 6.14. The van der Waals surface area contributed by atoms with E-state index in [9.17, 15) is 0 Å². The van der Waals surface area contributed by atoms with E-state index < -0.39 is 0 Å². The van der Waals surface area contributed by atoms with E-state index in [4.69, 9.17) is 0 Å². The topological polar surface area (TPSA) is 30.9 Å². The second-order valence-corrected chi connectivity index (χ2v) is 6.14. The molecule has 1 fully saturated rings. The number of rotatable bonds is 4. The lowest BCUT2D eigenvalue weighted by Gasteiger charge is -2.36. The third kappa shape index (κ3) is 6.01. The van der Waals surface area contributed by atoms with Gasteiger partial charge in [-0.3, -0.25) is 9.89 Å².